The maximum atomic E-state index is 2.50. The van der Waals surface area contributed by atoms with Gasteiger partial charge in [-0.2, -0.15) is 0 Å². The number of benzene rings is 10. The van der Waals surface area contributed by atoms with Crippen molar-refractivity contribution >= 4 is 53.6 Å². The van der Waals surface area contributed by atoms with Crippen LogP contribution in [0.15, 0.2) is 274 Å². The van der Waals surface area contributed by atoms with Gasteiger partial charge in [-0.25, -0.2) is 0 Å². The van der Waals surface area contributed by atoms with Crippen LogP contribution in [0.5, 0.6) is 0 Å². The van der Waals surface area contributed by atoms with Gasteiger partial charge in [0, 0.05) is 52.5 Å². The van der Waals surface area contributed by atoms with Crippen LogP contribution in [0.3, 0.4) is 0 Å². The molecular weight excluding hydrogens is 781 g/mol. The van der Waals surface area contributed by atoms with Crippen LogP contribution in [0.2, 0.25) is 0 Å². The molecule has 12 aromatic rings. The molecule has 2 aromatic heterocycles. The zero-order valence-electron chi connectivity index (χ0n) is 34.6. The van der Waals surface area contributed by atoms with Gasteiger partial charge in [0.25, 0.3) is 0 Å². The predicted molar refractivity (Wildman–Crippen MR) is 266 cm³/mol. The van der Waals surface area contributed by atoms with Crippen LogP contribution in [-0.2, 0) is 0 Å². The van der Waals surface area contributed by atoms with E-state index in [1.165, 1.54) is 85.4 Å². The number of hydrogen-bond donors (Lipinski definition) is 0. The first-order valence-corrected chi connectivity index (χ1v) is 23.2. The second-order valence-corrected chi connectivity index (χ2v) is 19.2. The predicted octanol–water partition coefficient (Wildman–Crippen LogP) is 16.6. The normalized spacial score (nSPS) is 12.1. The van der Waals surface area contributed by atoms with E-state index in [4.69, 9.17) is 0 Å². The lowest BCUT2D eigenvalue weighted by atomic mass is 9.99. The molecule has 2 nitrogen and oxygen atoms in total. The Kier molecular flexibility index (Phi) is 8.95. The highest BCUT2D eigenvalue weighted by molar-refractivity contribution is 8.34. The summed E-state index contributed by atoms with van der Waals surface area (Å²) in [6.45, 7) is 0. The fourth-order valence-corrected chi connectivity index (χ4v) is 14.0. The standard InChI is InChI=1S/C60H42N2S/c1-6-21-43(22-7-1)45-25-18-26-46(41-45)61-55-40-39-47(42-53(55)59-51(34-19-36-56(59)61)44-23-8-2-9-24-44)62-54-35-17-16-33-52(54)60-57(62)37-20-38-58(60)63(48-27-10-3-11-28-48,49-29-12-4-13-30-49)50-31-14-5-15-32-50/h1-42H. The number of aromatic nitrogens is 2. The highest BCUT2D eigenvalue weighted by Gasteiger charge is 2.36. The van der Waals surface area contributed by atoms with Crippen molar-refractivity contribution in [1.82, 2.24) is 9.13 Å². The Balaban J connectivity index is 1.16. The summed E-state index contributed by atoms with van der Waals surface area (Å²) in [5.41, 5.74) is 11.8. The second-order valence-electron chi connectivity index (χ2n) is 16.1. The summed E-state index contributed by atoms with van der Waals surface area (Å²) in [6, 6.07) is 93.9. The molecule has 0 atom stereocenters. The Bertz CT molecular complexity index is 3500. The van der Waals surface area contributed by atoms with Crippen molar-refractivity contribution in [1.29, 1.82) is 0 Å². The third kappa shape index (κ3) is 5.89. The number of nitrogens with zero attached hydrogens (tertiary/aromatic N) is 2. The van der Waals surface area contributed by atoms with E-state index in [1.807, 2.05) is 0 Å². The molecule has 2 heterocycles. The first-order chi connectivity index (χ1) is 31.3. The largest absolute Gasteiger partial charge is 0.309 e. The average Bonchev–Trinajstić information content (AvgIpc) is 3.89. The van der Waals surface area contributed by atoms with Gasteiger partial charge in [0.2, 0.25) is 0 Å². The van der Waals surface area contributed by atoms with Gasteiger partial charge in [-0.15, -0.1) is 10.0 Å². The van der Waals surface area contributed by atoms with Gasteiger partial charge in [0.05, 0.1) is 22.1 Å². The lowest BCUT2D eigenvalue weighted by molar-refractivity contribution is 1.16. The molecule has 63 heavy (non-hydrogen) atoms. The summed E-state index contributed by atoms with van der Waals surface area (Å²) in [5, 5.41) is 4.98. The van der Waals surface area contributed by atoms with Crippen molar-refractivity contribution in [3.05, 3.63) is 255 Å². The van der Waals surface area contributed by atoms with E-state index in [-0.39, 0.29) is 0 Å². The fourth-order valence-electron chi connectivity index (χ4n) is 9.97. The van der Waals surface area contributed by atoms with Crippen LogP contribution in [0.1, 0.15) is 0 Å². The quantitative estimate of drug-likeness (QED) is 0.144. The molecular formula is C60H42N2S. The minimum atomic E-state index is -1.97. The minimum absolute atomic E-state index is 1.13. The van der Waals surface area contributed by atoms with Crippen molar-refractivity contribution < 1.29 is 0 Å². The second kappa shape index (κ2) is 15.3. The van der Waals surface area contributed by atoms with Gasteiger partial charge in [-0.1, -0.05) is 164 Å². The van der Waals surface area contributed by atoms with Crippen molar-refractivity contribution in [3.63, 3.8) is 0 Å². The van der Waals surface area contributed by atoms with Gasteiger partial charge in [-0.3, -0.25) is 0 Å². The summed E-state index contributed by atoms with van der Waals surface area (Å²) in [7, 11) is -1.97. The molecule has 10 aromatic carbocycles. The minimum Gasteiger partial charge on any atom is -0.309 e. The molecule has 0 bridgehead atoms. The maximum absolute atomic E-state index is 2.50. The first kappa shape index (κ1) is 37.0. The summed E-state index contributed by atoms with van der Waals surface area (Å²) >= 11 is 0. The van der Waals surface area contributed by atoms with E-state index in [9.17, 15) is 0 Å². The Morgan fingerprint density at radius 2 is 0.730 bits per heavy atom. The van der Waals surface area contributed by atoms with Crippen LogP contribution in [0, 0.1) is 0 Å². The smallest absolute Gasteiger partial charge is 0.0552 e. The molecule has 0 saturated carbocycles. The SMILES string of the molecule is c1ccc(-c2cccc(-n3c4ccc(-n5c6ccccc6c6c(S(c7ccccc7)(c7ccccc7)c7ccccc7)cccc65)cc4c4c(-c5ccccc5)cccc43)c2)cc1. The molecule has 0 fully saturated rings. The van der Waals surface area contributed by atoms with Crippen molar-refractivity contribution in [2.75, 3.05) is 0 Å². The Hall–Kier alpha value is -7.85. The fraction of sp³-hybridized carbons (Fsp3) is 0. The summed E-state index contributed by atoms with van der Waals surface area (Å²) in [4.78, 5) is 5.27. The molecule has 3 heteroatoms. The molecule has 0 unspecified atom stereocenters. The van der Waals surface area contributed by atoms with Crippen LogP contribution in [0.25, 0.3) is 77.2 Å². The molecule has 0 spiro atoms. The first-order valence-electron chi connectivity index (χ1n) is 21.6. The number of rotatable bonds is 8. The average molecular weight is 823 g/mol. The van der Waals surface area contributed by atoms with Gasteiger partial charge in [-0.05, 0) is 113 Å². The highest BCUT2D eigenvalue weighted by Crippen LogP contribution is 2.74. The number of hydrogen-bond acceptors (Lipinski definition) is 0. The van der Waals surface area contributed by atoms with Crippen LogP contribution < -0.4 is 0 Å². The van der Waals surface area contributed by atoms with Gasteiger partial charge in [0.15, 0.2) is 0 Å². The van der Waals surface area contributed by atoms with E-state index in [2.05, 4.69) is 264 Å². The van der Waals surface area contributed by atoms with Crippen LogP contribution in [-0.4, -0.2) is 9.13 Å². The highest BCUT2D eigenvalue weighted by atomic mass is 32.3. The van der Waals surface area contributed by atoms with E-state index >= 15 is 0 Å². The molecule has 298 valence electrons. The van der Waals surface area contributed by atoms with Crippen molar-refractivity contribution in [3.8, 4) is 33.6 Å². The zero-order valence-corrected chi connectivity index (χ0v) is 35.4. The Morgan fingerprint density at radius 1 is 0.270 bits per heavy atom. The molecule has 0 amide bonds. The monoisotopic (exact) mass is 822 g/mol. The molecule has 0 aliphatic carbocycles. The third-order valence-electron chi connectivity index (χ3n) is 12.6. The van der Waals surface area contributed by atoms with Gasteiger partial charge < -0.3 is 9.13 Å². The van der Waals surface area contributed by atoms with Crippen molar-refractivity contribution in [2.24, 2.45) is 0 Å². The molecule has 0 N–H and O–H groups in total. The van der Waals surface area contributed by atoms with E-state index < -0.39 is 10.0 Å². The van der Waals surface area contributed by atoms with Gasteiger partial charge >= 0.3 is 0 Å². The molecule has 12 rings (SSSR count). The topological polar surface area (TPSA) is 9.86 Å². The maximum Gasteiger partial charge on any atom is 0.0552 e. The Morgan fingerprint density at radius 3 is 1.37 bits per heavy atom. The Labute approximate surface area is 368 Å². The number of para-hydroxylation sites is 1. The zero-order chi connectivity index (χ0) is 41.7. The summed E-state index contributed by atoms with van der Waals surface area (Å²) < 4.78 is 4.96. The number of fused-ring (bicyclic) bond motifs is 6. The summed E-state index contributed by atoms with van der Waals surface area (Å²) in [5.74, 6) is 0. The lowest BCUT2D eigenvalue weighted by Crippen LogP contribution is -2.05. The van der Waals surface area contributed by atoms with Crippen LogP contribution in [0.4, 0.5) is 0 Å². The van der Waals surface area contributed by atoms with E-state index in [0.717, 1.165) is 11.4 Å². The lowest BCUT2D eigenvalue weighted by Gasteiger charge is -2.42. The van der Waals surface area contributed by atoms with E-state index in [1.54, 1.807) is 0 Å². The molecule has 0 saturated heterocycles. The molecule has 0 radical (unpaired) electrons. The van der Waals surface area contributed by atoms with Gasteiger partial charge in [0.1, 0.15) is 0 Å². The molecule has 0 aliphatic heterocycles. The summed E-state index contributed by atoms with van der Waals surface area (Å²) in [6.07, 6.45) is 0. The van der Waals surface area contributed by atoms with Crippen LogP contribution >= 0.6 is 10.0 Å². The van der Waals surface area contributed by atoms with Crippen molar-refractivity contribution in [2.45, 2.75) is 19.6 Å². The third-order valence-corrected chi connectivity index (χ3v) is 16.5. The van der Waals surface area contributed by atoms with E-state index in [0.29, 0.717) is 0 Å². The molecule has 0 aliphatic rings.